The summed E-state index contributed by atoms with van der Waals surface area (Å²) in [5.74, 6) is -0.121. The lowest BCUT2D eigenvalue weighted by atomic mass is 10.2. The first kappa shape index (κ1) is 12.7. The molecule has 0 aliphatic rings. The molecule has 0 fully saturated rings. The van der Waals surface area contributed by atoms with Crippen LogP contribution in [0, 0.1) is 11.3 Å². The zero-order chi connectivity index (χ0) is 12.1. The molecule has 0 spiro atoms. The monoisotopic (exact) mass is 280 g/mol. The topological polar surface area (TPSA) is 44.1 Å². The van der Waals surface area contributed by atoms with E-state index in [9.17, 15) is 4.79 Å². The van der Waals surface area contributed by atoms with Crippen LogP contribution < -0.4 is 0 Å². The SMILES string of the molecule is CC(C)N(CC#N)C(=O)c1ccccc1Br. The second kappa shape index (κ2) is 5.66. The lowest BCUT2D eigenvalue weighted by Crippen LogP contribution is -2.37. The van der Waals surface area contributed by atoms with Gasteiger partial charge in [0.1, 0.15) is 6.54 Å². The van der Waals surface area contributed by atoms with Crippen LogP contribution in [0.2, 0.25) is 0 Å². The molecule has 0 N–H and O–H groups in total. The van der Waals surface area contributed by atoms with Gasteiger partial charge in [-0.15, -0.1) is 0 Å². The molecule has 1 aromatic carbocycles. The Bertz CT molecular complexity index is 423. The average Bonchev–Trinajstić information content (AvgIpc) is 2.25. The molecule has 84 valence electrons. The molecule has 1 aromatic rings. The number of benzene rings is 1. The van der Waals surface area contributed by atoms with Crippen molar-refractivity contribution in [2.75, 3.05) is 6.54 Å². The second-order valence-corrected chi connectivity index (χ2v) is 4.52. The predicted octanol–water partition coefficient (Wildman–Crippen LogP) is 2.82. The molecule has 0 aliphatic carbocycles. The minimum atomic E-state index is -0.121. The quantitative estimate of drug-likeness (QED) is 0.800. The summed E-state index contributed by atoms with van der Waals surface area (Å²) in [6.45, 7) is 3.90. The molecular weight excluding hydrogens is 268 g/mol. The Labute approximate surface area is 104 Å². The number of carbonyl (C=O) groups excluding carboxylic acids is 1. The summed E-state index contributed by atoms with van der Waals surface area (Å²) in [4.78, 5) is 13.7. The maximum absolute atomic E-state index is 12.1. The maximum atomic E-state index is 12.1. The van der Waals surface area contributed by atoms with Gasteiger partial charge in [0.2, 0.25) is 0 Å². The van der Waals surface area contributed by atoms with Crippen molar-refractivity contribution >= 4 is 21.8 Å². The minimum Gasteiger partial charge on any atom is -0.323 e. The lowest BCUT2D eigenvalue weighted by Gasteiger charge is -2.24. The van der Waals surface area contributed by atoms with Crippen molar-refractivity contribution in [2.45, 2.75) is 19.9 Å². The van der Waals surface area contributed by atoms with E-state index in [0.717, 1.165) is 4.47 Å². The van der Waals surface area contributed by atoms with E-state index in [0.29, 0.717) is 5.56 Å². The van der Waals surface area contributed by atoms with Gasteiger partial charge in [0.15, 0.2) is 0 Å². The molecule has 0 atom stereocenters. The number of rotatable bonds is 3. The summed E-state index contributed by atoms with van der Waals surface area (Å²) in [7, 11) is 0. The van der Waals surface area contributed by atoms with Gasteiger partial charge in [-0.1, -0.05) is 12.1 Å². The summed E-state index contributed by atoms with van der Waals surface area (Å²) in [6, 6.07) is 9.25. The molecule has 1 amide bonds. The Balaban J connectivity index is 3.01. The van der Waals surface area contributed by atoms with Crippen LogP contribution >= 0.6 is 15.9 Å². The van der Waals surface area contributed by atoms with Crippen LogP contribution in [-0.4, -0.2) is 23.4 Å². The molecule has 1 rings (SSSR count). The Morgan fingerprint density at radius 1 is 1.50 bits per heavy atom. The van der Waals surface area contributed by atoms with Gasteiger partial charge in [-0.2, -0.15) is 5.26 Å². The fourth-order valence-electron chi connectivity index (χ4n) is 1.35. The Morgan fingerprint density at radius 3 is 2.62 bits per heavy atom. The highest BCUT2D eigenvalue weighted by atomic mass is 79.9. The van der Waals surface area contributed by atoms with E-state index >= 15 is 0 Å². The van der Waals surface area contributed by atoms with Crippen molar-refractivity contribution in [1.29, 1.82) is 5.26 Å². The first-order chi connectivity index (χ1) is 7.57. The summed E-state index contributed by atoms with van der Waals surface area (Å²) in [5, 5.41) is 8.70. The molecule has 3 nitrogen and oxygen atoms in total. The molecule has 0 aromatic heterocycles. The van der Waals surface area contributed by atoms with Gasteiger partial charge < -0.3 is 4.90 Å². The van der Waals surface area contributed by atoms with Gasteiger partial charge in [-0.25, -0.2) is 0 Å². The maximum Gasteiger partial charge on any atom is 0.256 e. The lowest BCUT2D eigenvalue weighted by molar-refractivity contribution is 0.0730. The van der Waals surface area contributed by atoms with Crippen molar-refractivity contribution < 1.29 is 4.79 Å². The third-order valence-electron chi connectivity index (χ3n) is 2.23. The highest BCUT2D eigenvalue weighted by molar-refractivity contribution is 9.10. The minimum absolute atomic E-state index is 0.0132. The fourth-order valence-corrected chi connectivity index (χ4v) is 1.81. The smallest absolute Gasteiger partial charge is 0.256 e. The standard InChI is InChI=1S/C12H13BrN2O/c1-9(2)15(8-7-14)12(16)10-5-3-4-6-11(10)13/h3-6,9H,8H2,1-2H3. The number of hydrogen-bond acceptors (Lipinski definition) is 2. The number of nitriles is 1. The number of hydrogen-bond donors (Lipinski definition) is 0. The fraction of sp³-hybridized carbons (Fsp3) is 0.333. The molecule has 0 unspecified atom stereocenters. The summed E-state index contributed by atoms with van der Waals surface area (Å²) in [6.07, 6.45) is 0. The largest absolute Gasteiger partial charge is 0.323 e. The van der Waals surface area contributed by atoms with E-state index in [1.807, 2.05) is 38.1 Å². The van der Waals surface area contributed by atoms with E-state index in [4.69, 9.17) is 5.26 Å². The molecule has 0 heterocycles. The van der Waals surface area contributed by atoms with Crippen LogP contribution in [0.5, 0.6) is 0 Å². The third kappa shape index (κ3) is 2.83. The summed E-state index contributed by atoms with van der Waals surface area (Å²) < 4.78 is 0.753. The van der Waals surface area contributed by atoms with Crippen molar-refractivity contribution in [3.05, 3.63) is 34.3 Å². The van der Waals surface area contributed by atoms with E-state index in [-0.39, 0.29) is 18.5 Å². The molecule has 0 aliphatic heterocycles. The molecular formula is C12H13BrN2O. The van der Waals surface area contributed by atoms with Crippen molar-refractivity contribution in [3.8, 4) is 6.07 Å². The number of halogens is 1. The van der Waals surface area contributed by atoms with Gasteiger partial charge >= 0.3 is 0 Å². The van der Waals surface area contributed by atoms with Crippen molar-refractivity contribution in [1.82, 2.24) is 4.90 Å². The summed E-state index contributed by atoms with van der Waals surface area (Å²) >= 11 is 3.34. The predicted molar refractivity (Wildman–Crippen MR) is 65.9 cm³/mol. The van der Waals surface area contributed by atoms with Crippen LogP contribution in [0.15, 0.2) is 28.7 Å². The zero-order valence-corrected chi connectivity index (χ0v) is 10.9. The van der Waals surface area contributed by atoms with Gasteiger partial charge in [0.25, 0.3) is 5.91 Å². The van der Waals surface area contributed by atoms with Crippen LogP contribution in [0.4, 0.5) is 0 Å². The first-order valence-corrected chi connectivity index (χ1v) is 5.79. The van der Waals surface area contributed by atoms with Crippen molar-refractivity contribution in [3.63, 3.8) is 0 Å². The molecule has 0 radical (unpaired) electrons. The van der Waals surface area contributed by atoms with Gasteiger partial charge in [0, 0.05) is 10.5 Å². The molecule has 16 heavy (non-hydrogen) atoms. The van der Waals surface area contributed by atoms with Crippen molar-refractivity contribution in [2.24, 2.45) is 0 Å². The van der Waals surface area contributed by atoms with E-state index in [1.165, 1.54) is 0 Å². The van der Waals surface area contributed by atoms with Crippen LogP contribution in [0.1, 0.15) is 24.2 Å². The summed E-state index contributed by atoms with van der Waals surface area (Å²) in [5.41, 5.74) is 0.589. The third-order valence-corrected chi connectivity index (χ3v) is 2.92. The van der Waals surface area contributed by atoms with Gasteiger partial charge in [0.05, 0.1) is 11.6 Å². The van der Waals surface area contributed by atoms with E-state index < -0.39 is 0 Å². The second-order valence-electron chi connectivity index (χ2n) is 3.66. The Hall–Kier alpha value is -1.34. The van der Waals surface area contributed by atoms with Crippen LogP contribution in [0.25, 0.3) is 0 Å². The van der Waals surface area contributed by atoms with E-state index in [1.54, 1.807) is 11.0 Å². The molecule has 4 heteroatoms. The molecule has 0 bridgehead atoms. The Kier molecular flexibility index (Phi) is 4.51. The zero-order valence-electron chi connectivity index (χ0n) is 9.27. The van der Waals surface area contributed by atoms with Crippen LogP contribution in [-0.2, 0) is 0 Å². The average molecular weight is 281 g/mol. The highest BCUT2D eigenvalue weighted by Gasteiger charge is 2.19. The highest BCUT2D eigenvalue weighted by Crippen LogP contribution is 2.18. The molecule has 0 saturated heterocycles. The number of carbonyl (C=O) groups is 1. The Morgan fingerprint density at radius 2 is 2.12 bits per heavy atom. The van der Waals surface area contributed by atoms with Crippen LogP contribution in [0.3, 0.4) is 0 Å². The normalized spacial score (nSPS) is 9.94. The van der Waals surface area contributed by atoms with E-state index in [2.05, 4.69) is 15.9 Å². The first-order valence-electron chi connectivity index (χ1n) is 5.00. The number of nitrogens with zero attached hydrogens (tertiary/aromatic N) is 2. The number of amides is 1. The van der Waals surface area contributed by atoms with Gasteiger partial charge in [-0.05, 0) is 41.9 Å². The van der Waals surface area contributed by atoms with Gasteiger partial charge in [-0.3, -0.25) is 4.79 Å². The molecule has 0 saturated carbocycles.